The Kier molecular flexibility index (Phi) is 4.31. The van der Waals surface area contributed by atoms with Crippen LogP contribution >= 0.6 is 0 Å². The van der Waals surface area contributed by atoms with Crippen LogP contribution in [0, 0.1) is 24.0 Å². The maximum atomic E-state index is 11.3. The molecule has 2 rings (SSSR count). The van der Waals surface area contributed by atoms with Gasteiger partial charge < -0.3 is 0 Å². The number of hydrogen-bond donors (Lipinski definition) is 0. The van der Waals surface area contributed by atoms with Gasteiger partial charge >= 0.3 is 0 Å². The summed E-state index contributed by atoms with van der Waals surface area (Å²) in [5.74, 6) is 0. The van der Waals surface area contributed by atoms with E-state index in [9.17, 15) is 10.1 Å². The minimum atomic E-state index is -0.293. The van der Waals surface area contributed by atoms with Gasteiger partial charge in [-0.3, -0.25) is 10.1 Å². The van der Waals surface area contributed by atoms with Crippen molar-refractivity contribution in [2.45, 2.75) is 20.3 Å². The molecule has 0 aromatic heterocycles. The molecular weight excluding hydrogens is 250 g/mol. The Bertz CT molecular complexity index is 625. The first-order valence-electron chi connectivity index (χ1n) is 6.53. The molecule has 0 aliphatic carbocycles. The number of nitro groups is 1. The Morgan fingerprint density at radius 3 is 2.20 bits per heavy atom. The van der Waals surface area contributed by atoms with Gasteiger partial charge in [-0.25, -0.2) is 0 Å². The third kappa shape index (κ3) is 3.32. The lowest BCUT2D eigenvalue weighted by Crippen LogP contribution is -2.03. The van der Waals surface area contributed by atoms with Crippen LogP contribution in [0.1, 0.15) is 22.3 Å². The zero-order valence-corrected chi connectivity index (χ0v) is 11.7. The van der Waals surface area contributed by atoms with Gasteiger partial charge in [-0.1, -0.05) is 48.5 Å². The predicted octanol–water partition coefficient (Wildman–Crippen LogP) is 4.16. The Hall–Kier alpha value is -2.42. The van der Waals surface area contributed by atoms with Crippen molar-refractivity contribution in [3.05, 3.63) is 86.6 Å². The molecule has 0 N–H and O–H groups in total. The highest BCUT2D eigenvalue weighted by atomic mass is 16.6. The van der Waals surface area contributed by atoms with Crippen molar-refractivity contribution >= 4 is 6.08 Å². The zero-order valence-electron chi connectivity index (χ0n) is 11.7. The zero-order chi connectivity index (χ0) is 14.5. The number of benzene rings is 2. The van der Waals surface area contributed by atoms with E-state index in [0.29, 0.717) is 6.42 Å². The lowest BCUT2D eigenvalue weighted by molar-refractivity contribution is -0.425. The maximum Gasteiger partial charge on any atom is 0.251 e. The average molecular weight is 267 g/mol. The van der Waals surface area contributed by atoms with E-state index in [-0.39, 0.29) is 10.6 Å². The van der Waals surface area contributed by atoms with E-state index in [1.54, 1.807) is 6.08 Å². The highest BCUT2D eigenvalue weighted by Crippen LogP contribution is 2.19. The summed E-state index contributed by atoms with van der Waals surface area (Å²) in [6.45, 7) is 3.94. The highest BCUT2D eigenvalue weighted by Gasteiger charge is 2.13. The first-order valence-corrected chi connectivity index (χ1v) is 6.53. The largest absolute Gasteiger partial charge is 0.259 e. The summed E-state index contributed by atoms with van der Waals surface area (Å²) in [6, 6.07) is 15.4. The SMILES string of the molecule is Cc1cccc(C)c1/C=C(/Cc1ccccc1)[N+](=O)[O-]. The van der Waals surface area contributed by atoms with Crippen LogP contribution in [0.4, 0.5) is 0 Å². The van der Waals surface area contributed by atoms with Gasteiger partial charge in [0.15, 0.2) is 0 Å². The van der Waals surface area contributed by atoms with Gasteiger partial charge in [0.25, 0.3) is 5.70 Å². The van der Waals surface area contributed by atoms with Crippen molar-refractivity contribution in [2.75, 3.05) is 0 Å². The Morgan fingerprint density at radius 2 is 1.65 bits per heavy atom. The number of allylic oxidation sites excluding steroid dienone is 1. The topological polar surface area (TPSA) is 43.1 Å². The molecule has 20 heavy (non-hydrogen) atoms. The summed E-state index contributed by atoms with van der Waals surface area (Å²) in [6.07, 6.45) is 2.03. The van der Waals surface area contributed by atoms with Crippen LogP contribution < -0.4 is 0 Å². The summed E-state index contributed by atoms with van der Waals surface area (Å²) in [4.78, 5) is 11.0. The van der Waals surface area contributed by atoms with Gasteiger partial charge in [0.2, 0.25) is 0 Å². The molecule has 102 valence electrons. The molecule has 3 nitrogen and oxygen atoms in total. The molecular formula is C17H17NO2. The van der Waals surface area contributed by atoms with Gasteiger partial charge in [-0.2, -0.15) is 0 Å². The Balaban J connectivity index is 2.38. The fraction of sp³-hybridized carbons (Fsp3) is 0.176. The molecule has 0 saturated heterocycles. The van der Waals surface area contributed by atoms with E-state index >= 15 is 0 Å². The highest BCUT2D eigenvalue weighted by molar-refractivity contribution is 5.59. The molecule has 0 radical (unpaired) electrons. The van der Waals surface area contributed by atoms with Crippen molar-refractivity contribution in [3.8, 4) is 0 Å². The smallest absolute Gasteiger partial charge is 0.251 e. The first-order chi connectivity index (χ1) is 9.58. The van der Waals surface area contributed by atoms with Crippen LogP contribution in [-0.4, -0.2) is 4.92 Å². The number of rotatable bonds is 4. The predicted molar refractivity (Wildman–Crippen MR) is 81.0 cm³/mol. The minimum absolute atomic E-state index is 0.216. The van der Waals surface area contributed by atoms with Crippen LogP contribution in [0.15, 0.2) is 54.2 Å². The molecule has 0 aliphatic heterocycles. The summed E-state index contributed by atoms with van der Waals surface area (Å²) in [5, 5.41) is 11.3. The molecule has 0 atom stereocenters. The normalized spacial score (nSPS) is 11.4. The average Bonchev–Trinajstić information content (AvgIpc) is 2.42. The van der Waals surface area contributed by atoms with E-state index in [2.05, 4.69) is 0 Å². The second kappa shape index (κ2) is 6.15. The van der Waals surface area contributed by atoms with Gasteiger partial charge in [0.1, 0.15) is 0 Å². The van der Waals surface area contributed by atoms with Gasteiger partial charge in [-0.05, 0) is 36.1 Å². The fourth-order valence-electron chi connectivity index (χ4n) is 2.19. The van der Waals surface area contributed by atoms with Gasteiger partial charge in [-0.15, -0.1) is 0 Å². The monoisotopic (exact) mass is 267 g/mol. The molecule has 0 unspecified atom stereocenters. The third-order valence-corrected chi connectivity index (χ3v) is 3.32. The van der Waals surface area contributed by atoms with Crippen molar-refractivity contribution in [1.29, 1.82) is 0 Å². The molecule has 0 saturated carbocycles. The van der Waals surface area contributed by atoms with Crippen LogP contribution in [0.2, 0.25) is 0 Å². The number of hydrogen-bond acceptors (Lipinski definition) is 2. The van der Waals surface area contributed by atoms with Gasteiger partial charge in [0, 0.05) is 6.08 Å². The lowest BCUT2D eigenvalue weighted by Gasteiger charge is -2.05. The van der Waals surface area contributed by atoms with E-state index in [1.807, 2.05) is 62.4 Å². The van der Waals surface area contributed by atoms with E-state index in [0.717, 1.165) is 22.3 Å². The van der Waals surface area contributed by atoms with Crippen molar-refractivity contribution in [1.82, 2.24) is 0 Å². The van der Waals surface area contributed by atoms with Crippen LogP contribution in [0.25, 0.3) is 6.08 Å². The quantitative estimate of drug-likeness (QED) is 0.616. The second-order valence-corrected chi connectivity index (χ2v) is 4.86. The third-order valence-electron chi connectivity index (χ3n) is 3.32. The summed E-state index contributed by atoms with van der Waals surface area (Å²) in [7, 11) is 0. The maximum absolute atomic E-state index is 11.3. The van der Waals surface area contributed by atoms with E-state index in [1.165, 1.54) is 0 Å². The molecule has 0 bridgehead atoms. The number of aryl methyl sites for hydroxylation is 2. The standard InChI is InChI=1S/C17H17NO2/c1-13-7-6-8-14(2)17(13)12-16(18(19)20)11-15-9-4-3-5-10-15/h3-10,12H,11H2,1-2H3/b16-12-. The van der Waals surface area contributed by atoms with E-state index < -0.39 is 0 Å². The molecule has 3 heteroatoms. The van der Waals surface area contributed by atoms with E-state index in [4.69, 9.17) is 0 Å². The van der Waals surface area contributed by atoms with Crippen LogP contribution in [0.5, 0.6) is 0 Å². The lowest BCUT2D eigenvalue weighted by atomic mass is 10.0. The molecule has 0 aliphatic rings. The molecule has 2 aromatic carbocycles. The summed E-state index contributed by atoms with van der Waals surface area (Å²) < 4.78 is 0. The van der Waals surface area contributed by atoms with Gasteiger partial charge in [0.05, 0.1) is 11.3 Å². The van der Waals surface area contributed by atoms with Crippen LogP contribution in [0.3, 0.4) is 0 Å². The minimum Gasteiger partial charge on any atom is -0.259 e. The van der Waals surface area contributed by atoms with Crippen LogP contribution in [-0.2, 0) is 6.42 Å². The molecule has 0 fully saturated rings. The fourth-order valence-corrected chi connectivity index (χ4v) is 2.19. The first kappa shape index (κ1) is 14.0. The molecule has 0 spiro atoms. The Labute approximate surface area is 118 Å². The number of nitrogens with zero attached hydrogens (tertiary/aromatic N) is 1. The second-order valence-electron chi connectivity index (χ2n) is 4.86. The van der Waals surface area contributed by atoms with Crippen molar-refractivity contribution < 1.29 is 4.92 Å². The molecule has 0 amide bonds. The Morgan fingerprint density at radius 1 is 1.05 bits per heavy atom. The van der Waals surface area contributed by atoms with Crippen molar-refractivity contribution in [3.63, 3.8) is 0 Å². The summed E-state index contributed by atoms with van der Waals surface area (Å²) >= 11 is 0. The molecule has 2 aromatic rings. The van der Waals surface area contributed by atoms with Crippen molar-refractivity contribution in [2.24, 2.45) is 0 Å². The summed E-state index contributed by atoms with van der Waals surface area (Å²) in [5.41, 5.74) is 4.21. The molecule has 0 heterocycles.